The Kier molecular flexibility index (Phi) is 4.06. The van der Waals surface area contributed by atoms with Gasteiger partial charge in [-0.15, -0.1) is 29.7 Å². The molecular weight excluding hydrogens is 219 g/mol. The fraction of sp³-hybridized carbons (Fsp3) is 0. The van der Waals surface area contributed by atoms with Crippen molar-refractivity contribution in [2.45, 2.75) is 0 Å². The van der Waals surface area contributed by atoms with Gasteiger partial charge in [0.05, 0.1) is 0 Å². The third kappa shape index (κ3) is 2.34. The van der Waals surface area contributed by atoms with Crippen LogP contribution in [0.25, 0.3) is 12.2 Å². The molecule has 0 heterocycles. The van der Waals surface area contributed by atoms with E-state index in [0.717, 1.165) is 0 Å². The smallest absolute Gasteiger partial charge is 0.125 e. The first-order valence-electron chi connectivity index (χ1n) is 5.14. The van der Waals surface area contributed by atoms with Gasteiger partial charge in [-0.1, -0.05) is 59.7 Å². The van der Waals surface area contributed by atoms with E-state index in [-0.39, 0.29) is 51.4 Å². The Bertz CT molecular complexity index is 479. The fourth-order valence-corrected chi connectivity index (χ4v) is 1.94. The zero-order valence-electron chi connectivity index (χ0n) is 9.35. The van der Waals surface area contributed by atoms with Crippen molar-refractivity contribution in [3.63, 3.8) is 0 Å². The van der Waals surface area contributed by atoms with Crippen molar-refractivity contribution in [1.29, 1.82) is 0 Å². The van der Waals surface area contributed by atoms with Crippen molar-refractivity contribution < 1.29 is 51.4 Å². The van der Waals surface area contributed by atoms with Crippen LogP contribution in [0.5, 0.6) is 0 Å². The summed E-state index contributed by atoms with van der Waals surface area (Å²) in [4.78, 5) is 0. The third-order valence-corrected chi connectivity index (χ3v) is 2.75. The Balaban J connectivity index is 0.000000963. The van der Waals surface area contributed by atoms with Crippen molar-refractivity contribution in [1.82, 2.24) is 0 Å². The first-order valence-corrected chi connectivity index (χ1v) is 5.14. The molecule has 0 amide bonds. The van der Waals surface area contributed by atoms with Crippen LogP contribution in [0.3, 0.4) is 0 Å². The Morgan fingerprint density at radius 2 is 1.06 bits per heavy atom. The van der Waals surface area contributed by atoms with Gasteiger partial charge in [-0.05, 0) is 0 Å². The second kappa shape index (κ2) is 5.35. The van der Waals surface area contributed by atoms with Crippen LogP contribution in [-0.2, 0) is 0 Å². The van der Waals surface area contributed by atoms with Gasteiger partial charge in [-0.2, -0.15) is 0 Å². The first kappa shape index (κ1) is 12.2. The molecule has 0 atom stereocenters. The Morgan fingerprint density at radius 3 is 1.56 bits per heavy atom. The molecule has 0 spiro atoms. The molecule has 16 heavy (non-hydrogen) atoms. The van der Waals surface area contributed by atoms with E-state index >= 15 is 0 Å². The van der Waals surface area contributed by atoms with E-state index in [1.54, 1.807) is 0 Å². The molecule has 72 valence electrons. The molecule has 0 saturated heterocycles. The van der Waals surface area contributed by atoms with Gasteiger partial charge >= 0.3 is 51.4 Å². The molecule has 0 nitrogen and oxygen atoms in total. The molecular formula is C15H11K. The monoisotopic (exact) mass is 230 g/mol. The van der Waals surface area contributed by atoms with Gasteiger partial charge in [0.25, 0.3) is 0 Å². The summed E-state index contributed by atoms with van der Waals surface area (Å²) >= 11 is 0. The molecule has 0 unspecified atom stereocenters. The molecule has 0 saturated carbocycles. The largest absolute Gasteiger partial charge is 1.00 e. The molecule has 0 aliphatic heterocycles. The molecule has 2 aromatic carbocycles. The van der Waals surface area contributed by atoms with E-state index < -0.39 is 0 Å². The van der Waals surface area contributed by atoms with Gasteiger partial charge in [0.15, 0.2) is 0 Å². The van der Waals surface area contributed by atoms with E-state index in [1.165, 1.54) is 22.3 Å². The van der Waals surface area contributed by atoms with Crippen molar-refractivity contribution >= 4 is 12.2 Å². The summed E-state index contributed by atoms with van der Waals surface area (Å²) in [5.74, 6) is 0. The minimum absolute atomic E-state index is 0. The molecule has 0 fully saturated rings. The van der Waals surface area contributed by atoms with Gasteiger partial charge < -0.3 is 0 Å². The van der Waals surface area contributed by atoms with Crippen LogP contribution in [-0.4, -0.2) is 0 Å². The average molecular weight is 230 g/mol. The van der Waals surface area contributed by atoms with Crippen LogP contribution < -0.4 is 51.4 Å². The Labute approximate surface area is 139 Å². The minimum Gasteiger partial charge on any atom is -0.125 e. The van der Waals surface area contributed by atoms with Gasteiger partial charge in [0, 0.05) is 0 Å². The molecule has 2 aromatic rings. The minimum atomic E-state index is 0. The predicted octanol–water partition coefficient (Wildman–Crippen LogP) is 0.775. The van der Waals surface area contributed by atoms with Crippen LogP contribution in [0.4, 0.5) is 0 Å². The topological polar surface area (TPSA) is 0 Å². The van der Waals surface area contributed by atoms with Crippen LogP contribution in [0.15, 0.2) is 48.5 Å². The van der Waals surface area contributed by atoms with Crippen molar-refractivity contribution in [2.24, 2.45) is 0 Å². The summed E-state index contributed by atoms with van der Waals surface area (Å²) in [6.45, 7) is 0. The van der Waals surface area contributed by atoms with Crippen molar-refractivity contribution in [3.8, 4) is 0 Å². The number of rotatable bonds is 0. The van der Waals surface area contributed by atoms with E-state index in [9.17, 15) is 0 Å². The molecule has 0 aromatic heterocycles. The van der Waals surface area contributed by atoms with E-state index in [1.807, 2.05) is 0 Å². The van der Waals surface area contributed by atoms with Gasteiger partial charge in [0.2, 0.25) is 0 Å². The second-order valence-corrected chi connectivity index (χ2v) is 3.74. The summed E-state index contributed by atoms with van der Waals surface area (Å²) in [5, 5.41) is 0. The standard InChI is InChI=1S/C15H11.K/c1-3-7-14-11-15-8-4-2-6-13(15)10-9-12(14)5-1;/h1-11H;/q-1;+1. The number of hydrogen-bond donors (Lipinski definition) is 0. The molecule has 3 rings (SSSR count). The summed E-state index contributed by atoms with van der Waals surface area (Å²) in [5.41, 5.74) is 5.15. The molecule has 0 bridgehead atoms. The molecule has 1 aliphatic carbocycles. The maximum atomic E-state index is 2.24. The predicted molar refractivity (Wildman–Crippen MR) is 64.3 cm³/mol. The second-order valence-electron chi connectivity index (χ2n) is 3.74. The van der Waals surface area contributed by atoms with Crippen molar-refractivity contribution in [2.75, 3.05) is 0 Å². The Morgan fingerprint density at radius 1 is 0.625 bits per heavy atom. The van der Waals surface area contributed by atoms with Gasteiger partial charge in [-0.3, -0.25) is 0 Å². The Hall–Kier alpha value is -0.314. The molecule has 0 radical (unpaired) electrons. The van der Waals surface area contributed by atoms with Crippen LogP contribution in [0.2, 0.25) is 0 Å². The quantitative estimate of drug-likeness (QED) is 0.395. The summed E-state index contributed by atoms with van der Waals surface area (Å²) in [6.07, 6.45) is 6.60. The molecule has 1 heteroatoms. The fourth-order valence-electron chi connectivity index (χ4n) is 1.94. The summed E-state index contributed by atoms with van der Waals surface area (Å²) in [7, 11) is 0. The number of benzene rings is 2. The SMILES string of the molecule is C1=Cc2ccccc2[CH-]c2ccccc21.[K+]. The van der Waals surface area contributed by atoms with Crippen molar-refractivity contribution in [3.05, 3.63) is 77.2 Å². The van der Waals surface area contributed by atoms with Gasteiger partial charge in [0.1, 0.15) is 0 Å². The first-order chi connectivity index (χ1) is 7.43. The molecule has 0 N–H and O–H groups in total. The number of hydrogen-bond acceptors (Lipinski definition) is 0. The summed E-state index contributed by atoms with van der Waals surface area (Å²) in [6, 6.07) is 16.9. The van der Waals surface area contributed by atoms with Gasteiger partial charge in [-0.25, -0.2) is 0 Å². The van der Waals surface area contributed by atoms with Crippen LogP contribution in [0.1, 0.15) is 22.3 Å². The normalized spacial score (nSPS) is 11.5. The van der Waals surface area contributed by atoms with E-state index in [0.29, 0.717) is 0 Å². The summed E-state index contributed by atoms with van der Waals surface area (Å²) < 4.78 is 0. The van der Waals surface area contributed by atoms with Crippen LogP contribution >= 0.6 is 0 Å². The average Bonchev–Trinajstić information content (AvgIpc) is 2.48. The van der Waals surface area contributed by atoms with E-state index in [2.05, 4.69) is 67.1 Å². The van der Waals surface area contributed by atoms with E-state index in [4.69, 9.17) is 0 Å². The maximum Gasteiger partial charge on any atom is 1.00 e. The zero-order valence-corrected chi connectivity index (χ0v) is 12.5. The maximum absolute atomic E-state index is 2.24. The zero-order chi connectivity index (χ0) is 10.1. The third-order valence-electron chi connectivity index (χ3n) is 2.75. The number of fused-ring (bicyclic) bond motifs is 2. The van der Waals surface area contributed by atoms with Crippen LogP contribution in [0, 0.1) is 6.42 Å². The molecule has 1 aliphatic rings.